The Balaban J connectivity index is 2.27. The highest BCUT2D eigenvalue weighted by atomic mass is 35.5. The first kappa shape index (κ1) is 12.0. The Kier molecular flexibility index (Phi) is 3.40. The van der Waals surface area contributed by atoms with Gasteiger partial charge in [0.15, 0.2) is 11.5 Å². The van der Waals surface area contributed by atoms with Crippen LogP contribution in [0, 0.1) is 0 Å². The molecule has 0 bridgehead atoms. The summed E-state index contributed by atoms with van der Waals surface area (Å²) in [5.41, 5.74) is 6.11. The van der Waals surface area contributed by atoms with Gasteiger partial charge < -0.3 is 20.3 Å². The van der Waals surface area contributed by atoms with Gasteiger partial charge in [-0.3, -0.25) is 4.79 Å². The van der Waals surface area contributed by atoms with Gasteiger partial charge in [0.25, 0.3) is 0 Å². The summed E-state index contributed by atoms with van der Waals surface area (Å²) in [5, 5.41) is 9.12. The van der Waals surface area contributed by atoms with Crippen LogP contribution < -0.4 is 15.2 Å². The maximum atomic E-state index is 10.7. The molecule has 6 heteroatoms. The Bertz CT molecular complexity index is 449. The monoisotopic (exact) mass is 257 g/mol. The van der Waals surface area contributed by atoms with E-state index in [0.29, 0.717) is 35.3 Å². The van der Waals surface area contributed by atoms with Gasteiger partial charge in [0.2, 0.25) is 0 Å². The van der Waals surface area contributed by atoms with E-state index in [1.807, 2.05) is 0 Å². The lowest BCUT2D eigenvalue weighted by Crippen LogP contribution is -2.32. The molecule has 3 N–H and O–H groups in total. The van der Waals surface area contributed by atoms with Gasteiger partial charge in [-0.25, -0.2) is 0 Å². The molecule has 1 aromatic carbocycles. The van der Waals surface area contributed by atoms with Crippen LogP contribution in [-0.4, -0.2) is 30.3 Å². The van der Waals surface area contributed by atoms with E-state index in [2.05, 4.69) is 0 Å². The van der Waals surface area contributed by atoms with E-state index in [-0.39, 0.29) is 6.42 Å². The first-order valence-electron chi connectivity index (χ1n) is 5.15. The minimum absolute atomic E-state index is 0.158. The van der Waals surface area contributed by atoms with Gasteiger partial charge in [-0.15, -0.1) is 0 Å². The Morgan fingerprint density at radius 3 is 2.88 bits per heavy atom. The summed E-state index contributed by atoms with van der Waals surface area (Å²) >= 11 is 6.12. The number of hydrogen-bond acceptors (Lipinski definition) is 4. The molecule has 2 rings (SSSR count). The Labute approximate surface area is 103 Å². The van der Waals surface area contributed by atoms with E-state index in [1.165, 1.54) is 0 Å². The average Bonchev–Trinajstić information content (AvgIpc) is 2.33. The second-order valence-electron chi connectivity index (χ2n) is 3.71. The van der Waals surface area contributed by atoms with Crippen molar-refractivity contribution in [2.75, 3.05) is 13.2 Å². The van der Waals surface area contributed by atoms with Gasteiger partial charge in [-0.05, 0) is 18.1 Å². The Morgan fingerprint density at radius 2 is 2.18 bits per heavy atom. The second-order valence-corrected chi connectivity index (χ2v) is 4.09. The first-order chi connectivity index (χ1) is 8.09. The van der Waals surface area contributed by atoms with Crippen molar-refractivity contribution in [2.45, 2.75) is 12.5 Å². The minimum atomic E-state index is -1.06. The van der Waals surface area contributed by atoms with Crippen LogP contribution in [0.4, 0.5) is 0 Å². The van der Waals surface area contributed by atoms with Crippen LogP contribution in [0.5, 0.6) is 11.5 Å². The van der Waals surface area contributed by atoms with Crippen molar-refractivity contribution in [3.63, 3.8) is 0 Å². The van der Waals surface area contributed by atoms with Crippen LogP contribution in [0.25, 0.3) is 0 Å². The molecule has 0 radical (unpaired) electrons. The summed E-state index contributed by atoms with van der Waals surface area (Å²) < 4.78 is 10.7. The Morgan fingerprint density at radius 1 is 1.47 bits per heavy atom. The van der Waals surface area contributed by atoms with Crippen LogP contribution in [-0.2, 0) is 11.2 Å². The smallest absolute Gasteiger partial charge is 0.320 e. The minimum Gasteiger partial charge on any atom is -0.486 e. The molecule has 0 saturated carbocycles. The van der Waals surface area contributed by atoms with Crippen molar-refractivity contribution < 1.29 is 19.4 Å². The zero-order chi connectivity index (χ0) is 12.4. The molecule has 0 saturated heterocycles. The number of carbonyl (C=O) groups is 1. The summed E-state index contributed by atoms with van der Waals surface area (Å²) in [6, 6.07) is 2.44. The topological polar surface area (TPSA) is 81.8 Å². The molecule has 1 heterocycles. The van der Waals surface area contributed by atoms with Crippen LogP contribution in [0.2, 0.25) is 5.02 Å². The van der Waals surface area contributed by atoms with E-state index >= 15 is 0 Å². The number of rotatable bonds is 3. The van der Waals surface area contributed by atoms with E-state index in [9.17, 15) is 4.79 Å². The molecule has 0 aliphatic carbocycles. The highest BCUT2D eigenvalue weighted by Gasteiger charge is 2.21. The zero-order valence-corrected chi connectivity index (χ0v) is 9.74. The zero-order valence-electron chi connectivity index (χ0n) is 8.98. The number of benzene rings is 1. The lowest BCUT2D eigenvalue weighted by molar-refractivity contribution is -0.138. The molecule has 0 spiro atoms. The van der Waals surface area contributed by atoms with Crippen molar-refractivity contribution in [3.8, 4) is 11.5 Å². The van der Waals surface area contributed by atoms with Crippen LogP contribution in [0.3, 0.4) is 0 Å². The molecule has 17 heavy (non-hydrogen) atoms. The molecule has 1 aromatic rings. The molecule has 1 unspecified atom stereocenters. The normalized spacial score (nSPS) is 15.4. The fourth-order valence-corrected chi connectivity index (χ4v) is 1.89. The van der Waals surface area contributed by atoms with E-state index in [0.717, 1.165) is 0 Å². The van der Waals surface area contributed by atoms with E-state index < -0.39 is 12.0 Å². The van der Waals surface area contributed by atoms with Gasteiger partial charge in [-0.2, -0.15) is 0 Å². The number of nitrogens with two attached hydrogens (primary N) is 1. The second kappa shape index (κ2) is 4.81. The number of carboxylic acids is 1. The third kappa shape index (κ3) is 2.45. The predicted molar refractivity (Wildman–Crippen MR) is 61.8 cm³/mol. The van der Waals surface area contributed by atoms with Crippen molar-refractivity contribution in [3.05, 3.63) is 22.7 Å². The van der Waals surface area contributed by atoms with Crippen molar-refractivity contribution in [1.29, 1.82) is 0 Å². The van der Waals surface area contributed by atoms with Gasteiger partial charge in [0.1, 0.15) is 19.3 Å². The largest absolute Gasteiger partial charge is 0.486 e. The molecule has 1 atom stereocenters. The summed E-state index contributed by atoms with van der Waals surface area (Å²) in [6.45, 7) is 0.915. The summed E-state index contributed by atoms with van der Waals surface area (Å²) in [5.74, 6) is -0.0159. The molecule has 1 aliphatic heterocycles. The van der Waals surface area contributed by atoms with Crippen LogP contribution >= 0.6 is 11.6 Å². The van der Waals surface area contributed by atoms with Crippen LogP contribution in [0.15, 0.2) is 12.1 Å². The average molecular weight is 258 g/mol. The fourth-order valence-electron chi connectivity index (χ4n) is 1.60. The van der Waals surface area contributed by atoms with Gasteiger partial charge in [0.05, 0.1) is 5.02 Å². The molecule has 92 valence electrons. The lowest BCUT2D eigenvalue weighted by Gasteiger charge is -2.21. The number of fused-ring (bicyclic) bond motifs is 1. The molecule has 0 amide bonds. The summed E-state index contributed by atoms with van der Waals surface area (Å²) in [6.07, 6.45) is 0.158. The highest BCUT2D eigenvalue weighted by Crippen LogP contribution is 2.39. The SMILES string of the molecule is NC(Cc1ccc2c(c1Cl)OCCO2)C(=O)O. The predicted octanol–water partition coefficient (Wildman–Crippen LogP) is 1.07. The lowest BCUT2D eigenvalue weighted by atomic mass is 10.1. The molecule has 0 fully saturated rings. The van der Waals surface area contributed by atoms with Crippen LogP contribution in [0.1, 0.15) is 5.56 Å². The number of aliphatic carboxylic acids is 1. The third-order valence-electron chi connectivity index (χ3n) is 2.49. The number of ether oxygens (including phenoxy) is 2. The molecule has 5 nitrogen and oxygen atoms in total. The first-order valence-corrected chi connectivity index (χ1v) is 5.52. The quantitative estimate of drug-likeness (QED) is 0.846. The van der Waals surface area contributed by atoms with Gasteiger partial charge >= 0.3 is 5.97 Å². The maximum Gasteiger partial charge on any atom is 0.320 e. The molecular formula is C11H12ClNO4. The van der Waals surface area contributed by atoms with Crippen molar-refractivity contribution in [1.82, 2.24) is 0 Å². The maximum absolute atomic E-state index is 10.7. The molecule has 1 aliphatic rings. The standard InChI is InChI=1S/C11H12ClNO4/c12-9-6(5-7(13)11(14)15)1-2-8-10(9)17-4-3-16-8/h1-2,7H,3-5,13H2,(H,14,15). The summed E-state index contributed by atoms with van der Waals surface area (Å²) in [7, 11) is 0. The molecule has 0 aromatic heterocycles. The highest BCUT2D eigenvalue weighted by molar-refractivity contribution is 6.33. The number of carboxylic acid groups (broad SMARTS) is 1. The number of hydrogen-bond donors (Lipinski definition) is 2. The third-order valence-corrected chi connectivity index (χ3v) is 2.90. The number of halogens is 1. The van der Waals surface area contributed by atoms with E-state index in [4.69, 9.17) is 31.9 Å². The van der Waals surface area contributed by atoms with Crippen molar-refractivity contribution >= 4 is 17.6 Å². The fraction of sp³-hybridized carbons (Fsp3) is 0.364. The van der Waals surface area contributed by atoms with Gasteiger partial charge in [0, 0.05) is 0 Å². The summed E-state index contributed by atoms with van der Waals surface area (Å²) in [4.78, 5) is 10.7. The van der Waals surface area contributed by atoms with Crippen molar-refractivity contribution in [2.24, 2.45) is 5.73 Å². The molecular weight excluding hydrogens is 246 g/mol. The Hall–Kier alpha value is -1.46. The van der Waals surface area contributed by atoms with E-state index in [1.54, 1.807) is 12.1 Å². The van der Waals surface area contributed by atoms with Gasteiger partial charge in [-0.1, -0.05) is 17.7 Å².